The van der Waals surface area contributed by atoms with Crippen molar-refractivity contribution in [2.45, 2.75) is 230 Å². The minimum atomic E-state index is -1.61. The minimum Gasteiger partial charge on any atom is -0.462 e. The van der Waals surface area contributed by atoms with Crippen molar-refractivity contribution in [1.82, 2.24) is 0 Å². The zero-order valence-electron chi connectivity index (χ0n) is 39.6. The molecule has 0 aromatic rings. The first-order valence-corrected chi connectivity index (χ1v) is 25.0. The van der Waals surface area contributed by atoms with Crippen LogP contribution in [-0.4, -0.2) is 89.0 Å². The number of unbranched alkanes of at least 4 members (excludes halogenated alkanes) is 18. The molecule has 2 unspecified atom stereocenters. The molecule has 0 radical (unpaired) electrons. The van der Waals surface area contributed by atoms with Crippen LogP contribution in [0.4, 0.5) is 0 Å². The van der Waals surface area contributed by atoms with E-state index >= 15 is 0 Å². The van der Waals surface area contributed by atoms with E-state index in [0.29, 0.717) is 12.8 Å². The first-order valence-electron chi connectivity index (χ1n) is 25.0. The fraction of sp³-hybridized carbons (Fsp3) is 0.736. The number of aliphatic hydroxyl groups is 4. The highest BCUT2D eigenvalue weighted by atomic mass is 16.7. The summed E-state index contributed by atoms with van der Waals surface area (Å²) < 4.78 is 22.2. The first-order chi connectivity index (χ1) is 30.8. The lowest BCUT2D eigenvalue weighted by Gasteiger charge is -2.39. The van der Waals surface area contributed by atoms with Gasteiger partial charge in [-0.05, 0) is 77.0 Å². The maximum absolute atomic E-state index is 12.8. The molecular formula is C53H90O10. The molecule has 10 heteroatoms. The summed E-state index contributed by atoms with van der Waals surface area (Å²) in [6.07, 6.45) is 47.7. The Morgan fingerprint density at radius 3 is 1.48 bits per heavy atom. The molecule has 0 spiro atoms. The standard InChI is InChI=1S/C53H90O10/c1-3-5-7-9-11-13-15-17-19-21-22-23-24-26-28-30-32-34-36-38-40-42-49(56)62-46(45-61-53-52(59)51(58)50(57)47(43-54)63-53)44-60-48(55)41-39-37-35-33-31-29-27-25-20-18-16-14-12-10-8-6-4-2/h6,8,12,14,17-20,27,29,33,35,46-47,50-54,57-59H,3-5,7,9-11,13,15-16,21-26,28,30-32,34,36-45H2,1-2H3/b8-6+,14-12+,19-17+,20-18+,29-27+,35-33+/t46-,47-,50+,51?,52?,53-/m1/s1. The second-order valence-corrected chi connectivity index (χ2v) is 16.9. The highest BCUT2D eigenvalue weighted by Gasteiger charge is 2.44. The molecule has 1 aliphatic rings. The molecule has 0 bridgehead atoms. The fourth-order valence-electron chi connectivity index (χ4n) is 7.16. The van der Waals surface area contributed by atoms with Gasteiger partial charge in [0.25, 0.3) is 0 Å². The van der Waals surface area contributed by atoms with Crippen LogP contribution in [0.25, 0.3) is 0 Å². The number of hydrogen-bond acceptors (Lipinski definition) is 10. The molecule has 6 atom stereocenters. The van der Waals surface area contributed by atoms with Crippen molar-refractivity contribution < 1.29 is 49.0 Å². The van der Waals surface area contributed by atoms with E-state index in [9.17, 15) is 30.0 Å². The van der Waals surface area contributed by atoms with Crippen molar-refractivity contribution in [2.75, 3.05) is 19.8 Å². The van der Waals surface area contributed by atoms with Crippen LogP contribution >= 0.6 is 0 Å². The van der Waals surface area contributed by atoms with Gasteiger partial charge >= 0.3 is 11.9 Å². The second kappa shape index (κ2) is 43.1. The molecule has 1 fully saturated rings. The quantitative estimate of drug-likeness (QED) is 0.0265. The van der Waals surface area contributed by atoms with Gasteiger partial charge in [0.05, 0.1) is 13.2 Å². The van der Waals surface area contributed by atoms with E-state index in [4.69, 9.17) is 18.9 Å². The predicted molar refractivity (Wildman–Crippen MR) is 256 cm³/mol. The number of carbonyl (C=O) groups excluding carboxylic acids is 2. The molecule has 10 nitrogen and oxygen atoms in total. The second-order valence-electron chi connectivity index (χ2n) is 16.9. The van der Waals surface area contributed by atoms with Crippen molar-refractivity contribution in [3.8, 4) is 0 Å². The van der Waals surface area contributed by atoms with Gasteiger partial charge in [0.15, 0.2) is 12.4 Å². The normalized spacial score (nSPS) is 20.1. The van der Waals surface area contributed by atoms with Gasteiger partial charge in [-0.25, -0.2) is 0 Å². The van der Waals surface area contributed by atoms with Crippen LogP contribution in [0.5, 0.6) is 0 Å². The molecule has 1 heterocycles. The average Bonchev–Trinajstić information content (AvgIpc) is 3.28. The largest absolute Gasteiger partial charge is 0.462 e. The summed E-state index contributed by atoms with van der Waals surface area (Å²) in [6.45, 7) is 3.26. The highest BCUT2D eigenvalue weighted by molar-refractivity contribution is 5.70. The molecule has 1 saturated heterocycles. The van der Waals surface area contributed by atoms with Crippen LogP contribution < -0.4 is 0 Å². The summed E-state index contributed by atoms with van der Waals surface area (Å²) in [7, 11) is 0. The Morgan fingerprint density at radius 1 is 0.508 bits per heavy atom. The van der Waals surface area contributed by atoms with Crippen LogP contribution in [-0.2, 0) is 28.5 Å². The van der Waals surface area contributed by atoms with Gasteiger partial charge in [-0.1, -0.05) is 177 Å². The number of allylic oxidation sites excluding steroid dienone is 12. The summed E-state index contributed by atoms with van der Waals surface area (Å²) >= 11 is 0. The summed E-state index contributed by atoms with van der Waals surface area (Å²) in [6, 6.07) is 0. The predicted octanol–water partition coefficient (Wildman–Crippen LogP) is 11.6. The maximum Gasteiger partial charge on any atom is 0.306 e. The molecule has 0 aliphatic carbocycles. The van der Waals surface area contributed by atoms with Gasteiger partial charge < -0.3 is 39.4 Å². The Labute approximate surface area is 383 Å². The van der Waals surface area contributed by atoms with E-state index in [2.05, 4.69) is 80.7 Å². The molecule has 1 aliphatic heterocycles. The number of hydrogen-bond donors (Lipinski definition) is 4. The van der Waals surface area contributed by atoms with E-state index in [-0.39, 0.29) is 26.1 Å². The Bertz CT molecular complexity index is 1250. The topological polar surface area (TPSA) is 152 Å². The Hall–Kier alpha value is -2.86. The zero-order chi connectivity index (χ0) is 45.9. The van der Waals surface area contributed by atoms with Crippen molar-refractivity contribution in [3.63, 3.8) is 0 Å². The van der Waals surface area contributed by atoms with Crippen LogP contribution in [0.1, 0.15) is 194 Å². The lowest BCUT2D eigenvalue weighted by molar-refractivity contribution is -0.305. The summed E-state index contributed by atoms with van der Waals surface area (Å²) in [4.78, 5) is 25.4. The number of ether oxygens (including phenoxy) is 4. The lowest BCUT2D eigenvalue weighted by Crippen LogP contribution is -2.59. The molecular weight excluding hydrogens is 797 g/mol. The smallest absolute Gasteiger partial charge is 0.306 e. The molecule has 362 valence electrons. The summed E-state index contributed by atoms with van der Waals surface area (Å²) in [5.41, 5.74) is 0. The monoisotopic (exact) mass is 887 g/mol. The number of aliphatic hydroxyl groups excluding tert-OH is 4. The van der Waals surface area contributed by atoms with Gasteiger partial charge in [-0.15, -0.1) is 0 Å². The number of esters is 2. The third kappa shape index (κ3) is 34.2. The Morgan fingerprint density at radius 2 is 0.952 bits per heavy atom. The maximum atomic E-state index is 12.8. The third-order valence-corrected chi connectivity index (χ3v) is 11.1. The van der Waals surface area contributed by atoms with Gasteiger partial charge in [-0.2, -0.15) is 0 Å². The Balaban J connectivity index is 2.31. The minimum absolute atomic E-state index is 0.194. The van der Waals surface area contributed by atoms with Crippen LogP contribution in [0, 0.1) is 0 Å². The molecule has 1 rings (SSSR count). The SMILES string of the molecule is CC/C=C/C/C=C/C/C=C/C/C=C/C/C=C/CCCC(=O)OC[C@H](CO[C@@H]1O[C@H](CO)[C@H](O)C(O)C1O)OC(=O)CCCCCCCCCCCCC/C=C/CCCCCCCC. The van der Waals surface area contributed by atoms with Crippen molar-refractivity contribution in [3.05, 3.63) is 72.9 Å². The Kier molecular flexibility index (Phi) is 39.7. The van der Waals surface area contributed by atoms with Crippen LogP contribution in [0.15, 0.2) is 72.9 Å². The van der Waals surface area contributed by atoms with Crippen LogP contribution in [0.2, 0.25) is 0 Å². The summed E-state index contributed by atoms with van der Waals surface area (Å²) in [5.74, 6) is -0.877. The number of rotatable bonds is 41. The van der Waals surface area contributed by atoms with Gasteiger partial charge in [-0.3, -0.25) is 9.59 Å². The molecule has 0 aromatic carbocycles. The summed E-state index contributed by atoms with van der Waals surface area (Å²) in [5, 5.41) is 40.2. The molecule has 0 amide bonds. The van der Waals surface area contributed by atoms with Crippen molar-refractivity contribution >= 4 is 11.9 Å². The molecule has 0 saturated carbocycles. The fourth-order valence-corrected chi connectivity index (χ4v) is 7.16. The highest BCUT2D eigenvalue weighted by Crippen LogP contribution is 2.23. The van der Waals surface area contributed by atoms with Gasteiger partial charge in [0.2, 0.25) is 0 Å². The third-order valence-electron chi connectivity index (χ3n) is 11.1. The average molecular weight is 887 g/mol. The van der Waals surface area contributed by atoms with Crippen LogP contribution in [0.3, 0.4) is 0 Å². The molecule has 4 N–H and O–H groups in total. The van der Waals surface area contributed by atoms with E-state index in [1.807, 2.05) is 6.08 Å². The lowest BCUT2D eigenvalue weighted by atomic mass is 9.99. The first kappa shape index (κ1) is 58.2. The van der Waals surface area contributed by atoms with E-state index < -0.39 is 55.4 Å². The van der Waals surface area contributed by atoms with E-state index in [1.54, 1.807) is 0 Å². The van der Waals surface area contributed by atoms with E-state index in [1.165, 1.54) is 96.3 Å². The zero-order valence-corrected chi connectivity index (χ0v) is 39.6. The molecule has 0 aromatic heterocycles. The van der Waals surface area contributed by atoms with Crippen molar-refractivity contribution in [1.29, 1.82) is 0 Å². The van der Waals surface area contributed by atoms with E-state index in [0.717, 1.165) is 57.8 Å². The number of carbonyl (C=O) groups is 2. The van der Waals surface area contributed by atoms with Crippen molar-refractivity contribution in [2.24, 2.45) is 0 Å². The molecule has 63 heavy (non-hydrogen) atoms. The van der Waals surface area contributed by atoms with Gasteiger partial charge in [0.1, 0.15) is 31.0 Å². The van der Waals surface area contributed by atoms with Gasteiger partial charge in [0, 0.05) is 12.8 Å².